The molecule has 0 radical (unpaired) electrons. The van der Waals surface area contributed by atoms with E-state index in [-0.39, 0.29) is 23.2 Å². The molecule has 3 aromatic rings. The first-order valence-electron chi connectivity index (χ1n) is 12.1. The minimum absolute atomic E-state index is 0.0186. The van der Waals surface area contributed by atoms with Gasteiger partial charge in [-0.1, -0.05) is 6.07 Å². The molecule has 2 saturated heterocycles. The van der Waals surface area contributed by atoms with Gasteiger partial charge in [-0.05, 0) is 62.8 Å². The number of aromatic hydroxyl groups is 1. The van der Waals surface area contributed by atoms with E-state index < -0.39 is 17.7 Å². The molecule has 0 saturated carbocycles. The SMILES string of the molecule is COc1cc(-c2ccc(-c3cnc(N(C)[C@H]4C[C@]5(C)CCC[C@@](C)(N5)[C@H]4F)cn3)c(O)c2)cc(F)n1. The van der Waals surface area contributed by atoms with E-state index in [0.29, 0.717) is 34.6 Å². The highest BCUT2D eigenvalue weighted by Gasteiger charge is 2.53. The zero-order chi connectivity index (χ0) is 25.7. The second-order valence-corrected chi connectivity index (χ2v) is 10.5. The van der Waals surface area contributed by atoms with Crippen LogP contribution in [0.1, 0.15) is 39.5 Å². The van der Waals surface area contributed by atoms with Gasteiger partial charge in [0.1, 0.15) is 17.7 Å². The predicted octanol–water partition coefficient (Wildman–Crippen LogP) is 4.90. The van der Waals surface area contributed by atoms with Crippen LogP contribution in [-0.4, -0.2) is 57.5 Å². The first kappa shape index (κ1) is 24.4. The van der Waals surface area contributed by atoms with Crippen LogP contribution in [0.2, 0.25) is 0 Å². The summed E-state index contributed by atoms with van der Waals surface area (Å²) in [5.74, 6) is 0.0355. The van der Waals surface area contributed by atoms with E-state index in [1.807, 2.05) is 18.9 Å². The maximum atomic E-state index is 15.6. The van der Waals surface area contributed by atoms with E-state index in [0.717, 1.165) is 19.3 Å². The molecule has 36 heavy (non-hydrogen) atoms. The van der Waals surface area contributed by atoms with Crippen molar-refractivity contribution in [3.8, 4) is 34.0 Å². The molecular formula is C27H31F2N5O2. The fourth-order valence-corrected chi connectivity index (χ4v) is 5.83. The van der Waals surface area contributed by atoms with Crippen LogP contribution in [0, 0.1) is 5.95 Å². The van der Waals surface area contributed by atoms with E-state index in [2.05, 4.69) is 27.2 Å². The van der Waals surface area contributed by atoms with Crippen LogP contribution in [0.4, 0.5) is 14.6 Å². The van der Waals surface area contributed by atoms with Crippen LogP contribution < -0.4 is 15.0 Å². The zero-order valence-electron chi connectivity index (χ0n) is 20.9. The highest BCUT2D eigenvalue weighted by Crippen LogP contribution is 2.43. The summed E-state index contributed by atoms with van der Waals surface area (Å²) in [6.07, 6.45) is 5.70. The molecule has 2 fully saturated rings. The molecule has 2 aliphatic heterocycles. The van der Waals surface area contributed by atoms with Crippen molar-refractivity contribution in [1.29, 1.82) is 0 Å². The van der Waals surface area contributed by atoms with Gasteiger partial charge in [0.2, 0.25) is 11.8 Å². The smallest absolute Gasteiger partial charge is 0.216 e. The van der Waals surface area contributed by atoms with Crippen molar-refractivity contribution in [2.75, 3.05) is 19.1 Å². The fraction of sp³-hybridized carbons (Fsp3) is 0.444. The largest absolute Gasteiger partial charge is 0.507 e. The van der Waals surface area contributed by atoms with Gasteiger partial charge in [-0.2, -0.15) is 9.37 Å². The topological polar surface area (TPSA) is 83.4 Å². The minimum atomic E-state index is -1.04. The number of methoxy groups -OCH3 is 1. The van der Waals surface area contributed by atoms with E-state index in [1.54, 1.807) is 30.6 Å². The molecule has 190 valence electrons. The van der Waals surface area contributed by atoms with E-state index in [9.17, 15) is 9.50 Å². The molecule has 0 amide bonds. The van der Waals surface area contributed by atoms with Gasteiger partial charge in [-0.25, -0.2) is 9.37 Å². The number of rotatable bonds is 5. The second-order valence-electron chi connectivity index (χ2n) is 10.5. The lowest BCUT2D eigenvalue weighted by molar-refractivity contribution is 0.00197. The average molecular weight is 496 g/mol. The molecular weight excluding hydrogens is 464 g/mol. The van der Waals surface area contributed by atoms with Crippen molar-refractivity contribution >= 4 is 5.82 Å². The molecule has 0 aliphatic carbocycles. The number of hydrogen-bond acceptors (Lipinski definition) is 7. The molecule has 0 spiro atoms. The van der Waals surface area contributed by atoms with Crippen molar-refractivity contribution in [3.63, 3.8) is 0 Å². The summed E-state index contributed by atoms with van der Waals surface area (Å²) in [5.41, 5.74) is 1.45. The maximum absolute atomic E-state index is 15.6. The molecule has 2 aromatic heterocycles. The van der Waals surface area contributed by atoms with Crippen molar-refractivity contribution in [1.82, 2.24) is 20.3 Å². The predicted molar refractivity (Wildman–Crippen MR) is 134 cm³/mol. The monoisotopic (exact) mass is 495 g/mol. The van der Waals surface area contributed by atoms with Crippen LogP contribution in [0.15, 0.2) is 42.7 Å². The summed E-state index contributed by atoms with van der Waals surface area (Å²) in [6, 6.07) is 7.55. The van der Waals surface area contributed by atoms with Gasteiger partial charge in [0.25, 0.3) is 0 Å². The summed E-state index contributed by atoms with van der Waals surface area (Å²) in [6.45, 7) is 4.15. The summed E-state index contributed by atoms with van der Waals surface area (Å²) in [4.78, 5) is 14.6. The molecule has 0 unspecified atom stereocenters. The number of phenolic OH excluding ortho intramolecular Hbond substituents is 1. The normalized spacial score (nSPS) is 27.5. The maximum Gasteiger partial charge on any atom is 0.216 e. The van der Waals surface area contributed by atoms with Gasteiger partial charge in [-0.15, -0.1) is 0 Å². The lowest BCUT2D eigenvalue weighted by Crippen LogP contribution is -2.72. The Morgan fingerprint density at radius 3 is 2.61 bits per heavy atom. The summed E-state index contributed by atoms with van der Waals surface area (Å²) >= 11 is 0. The Hall–Kier alpha value is -3.33. The third-order valence-electron chi connectivity index (χ3n) is 7.70. The summed E-state index contributed by atoms with van der Waals surface area (Å²) in [7, 11) is 3.28. The van der Waals surface area contributed by atoms with Crippen LogP contribution in [0.5, 0.6) is 11.6 Å². The lowest BCUT2D eigenvalue weighted by atomic mass is 9.68. The third kappa shape index (κ3) is 4.36. The number of phenols is 1. The van der Waals surface area contributed by atoms with Crippen LogP contribution in [0.3, 0.4) is 0 Å². The molecule has 5 rings (SSSR count). The molecule has 1 aromatic carbocycles. The quantitative estimate of drug-likeness (QED) is 0.488. The Morgan fingerprint density at radius 2 is 1.92 bits per heavy atom. The average Bonchev–Trinajstić information content (AvgIpc) is 2.85. The van der Waals surface area contributed by atoms with E-state index in [1.165, 1.54) is 19.2 Å². The number of nitrogens with one attached hydrogen (secondary N) is 1. The number of ether oxygens (including phenoxy) is 1. The van der Waals surface area contributed by atoms with Crippen LogP contribution in [0.25, 0.3) is 22.4 Å². The zero-order valence-corrected chi connectivity index (χ0v) is 20.9. The summed E-state index contributed by atoms with van der Waals surface area (Å²) < 4.78 is 34.5. The van der Waals surface area contributed by atoms with Crippen molar-refractivity contribution in [3.05, 3.63) is 48.7 Å². The molecule has 2 bridgehead atoms. The number of pyridine rings is 1. The molecule has 9 heteroatoms. The number of benzene rings is 1. The van der Waals surface area contributed by atoms with Gasteiger partial charge < -0.3 is 20.1 Å². The van der Waals surface area contributed by atoms with Crippen molar-refractivity contribution in [2.24, 2.45) is 0 Å². The van der Waals surface area contributed by atoms with E-state index >= 15 is 4.39 Å². The highest BCUT2D eigenvalue weighted by atomic mass is 19.1. The first-order chi connectivity index (χ1) is 17.1. The van der Waals surface area contributed by atoms with Crippen LogP contribution >= 0.6 is 0 Å². The van der Waals surface area contributed by atoms with Gasteiger partial charge >= 0.3 is 0 Å². The Bertz CT molecular complexity index is 1270. The van der Waals surface area contributed by atoms with Gasteiger partial charge in [-0.3, -0.25) is 4.98 Å². The van der Waals surface area contributed by atoms with Crippen molar-refractivity contribution in [2.45, 2.75) is 62.8 Å². The Morgan fingerprint density at radius 1 is 1.11 bits per heavy atom. The number of anilines is 1. The molecule has 7 nitrogen and oxygen atoms in total. The highest BCUT2D eigenvalue weighted by molar-refractivity contribution is 5.74. The number of alkyl halides is 1. The number of fused-ring (bicyclic) bond motifs is 2. The Balaban J connectivity index is 1.38. The van der Waals surface area contributed by atoms with E-state index in [4.69, 9.17) is 4.74 Å². The van der Waals surface area contributed by atoms with Gasteiger partial charge in [0.05, 0.1) is 31.2 Å². The number of hydrogen-bond donors (Lipinski definition) is 2. The molecule has 2 aliphatic rings. The number of nitrogens with zero attached hydrogens (tertiary/aromatic N) is 4. The molecule has 2 N–H and O–H groups in total. The summed E-state index contributed by atoms with van der Waals surface area (Å²) in [5, 5.41) is 14.2. The minimum Gasteiger partial charge on any atom is -0.507 e. The Kier molecular flexibility index (Phi) is 6.06. The number of halogens is 2. The standard InChI is InChI=1S/C27H31F2N5O2/c1-26-8-5-9-27(2,33-26)25(29)20(13-26)34(3)23-15-30-19(14-31-23)18-7-6-16(10-21(18)35)17-11-22(28)32-24(12-17)36-4/h6-7,10-12,14-15,20,25,33,35H,5,8-9,13H2,1-4H3/t20-,25-,26-,27+/m0/s1. The van der Waals surface area contributed by atoms with Crippen LogP contribution in [-0.2, 0) is 0 Å². The van der Waals surface area contributed by atoms with Gasteiger partial charge in [0.15, 0.2) is 0 Å². The number of piperidine rings is 2. The van der Waals surface area contributed by atoms with Gasteiger partial charge in [0, 0.05) is 35.8 Å². The molecule has 4 heterocycles. The first-order valence-corrected chi connectivity index (χ1v) is 12.1. The second kappa shape index (κ2) is 8.96. The number of aromatic nitrogens is 3. The Labute approximate surface area is 209 Å². The molecule has 4 atom stereocenters. The third-order valence-corrected chi connectivity index (χ3v) is 7.70. The lowest BCUT2D eigenvalue weighted by Gasteiger charge is -2.56. The van der Waals surface area contributed by atoms with Crippen molar-refractivity contribution < 1.29 is 18.6 Å². The fourth-order valence-electron chi connectivity index (χ4n) is 5.83.